The van der Waals surface area contributed by atoms with Gasteiger partial charge in [0.15, 0.2) is 5.96 Å². The Kier molecular flexibility index (Phi) is 7.63. The van der Waals surface area contributed by atoms with Crippen molar-refractivity contribution < 1.29 is 0 Å². The zero-order chi connectivity index (χ0) is 16.7. The molecule has 0 radical (unpaired) electrons. The fourth-order valence-electron chi connectivity index (χ4n) is 3.68. The van der Waals surface area contributed by atoms with E-state index in [-0.39, 0.29) is 0 Å². The molecule has 2 heterocycles. The molecule has 0 bridgehead atoms. The third-order valence-corrected chi connectivity index (χ3v) is 5.34. The summed E-state index contributed by atoms with van der Waals surface area (Å²) in [6, 6.07) is 1.13. The molecule has 23 heavy (non-hydrogen) atoms. The molecule has 0 aliphatic carbocycles. The Morgan fingerprint density at radius 1 is 1.13 bits per heavy atom. The van der Waals surface area contributed by atoms with Gasteiger partial charge in [0.05, 0.1) is 0 Å². The summed E-state index contributed by atoms with van der Waals surface area (Å²) in [5, 5.41) is 7.14. The maximum absolute atomic E-state index is 4.41. The maximum atomic E-state index is 4.41. The molecule has 2 saturated heterocycles. The van der Waals surface area contributed by atoms with Crippen LogP contribution in [0.1, 0.15) is 46.5 Å². The zero-order valence-electron chi connectivity index (χ0n) is 15.6. The normalized spacial score (nSPS) is 28.1. The minimum Gasteiger partial charge on any atom is -0.355 e. The SMILES string of the molecule is CN=C(NCCN1CCCCCC1)NC1CN(C(C)C)CC1C. The van der Waals surface area contributed by atoms with Crippen LogP contribution in [0.5, 0.6) is 0 Å². The lowest BCUT2D eigenvalue weighted by Gasteiger charge is -2.23. The molecule has 2 N–H and O–H groups in total. The fourth-order valence-corrected chi connectivity index (χ4v) is 3.68. The quantitative estimate of drug-likeness (QED) is 0.598. The summed E-state index contributed by atoms with van der Waals surface area (Å²) in [4.78, 5) is 9.55. The third-order valence-electron chi connectivity index (χ3n) is 5.34. The first-order valence-electron chi connectivity index (χ1n) is 9.53. The van der Waals surface area contributed by atoms with E-state index in [4.69, 9.17) is 0 Å². The smallest absolute Gasteiger partial charge is 0.191 e. The Labute approximate surface area is 142 Å². The van der Waals surface area contributed by atoms with Gasteiger partial charge in [-0.05, 0) is 45.7 Å². The van der Waals surface area contributed by atoms with Crippen LogP contribution in [0.4, 0.5) is 0 Å². The summed E-state index contributed by atoms with van der Waals surface area (Å²) in [6.45, 7) is 13.8. The highest BCUT2D eigenvalue weighted by Crippen LogP contribution is 2.18. The number of likely N-dealkylation sites (tertiary alicyclic amines) is 2. The summed E-state index contributed by atoms with van der Waals surface area (Å²) in [7, 11) is 1.88. The highest BCUT2D eigenvalue weighted by atomic mass is 15.3. The summed E-state index contributed by atoms with van der Waals surface area (Å²) >= 11 is 0. The summed E-state index contributed by atoms with van der Waals surface area (Å²) < 4.78 is 0. The number of hydrogen-bond donors (Lipinski definition) is 2. The Morgan fingerprint density at radius 3 is 2.39 bits per heavy atom. The van der Waals surface area contributed by atoms with E-state index in [0.29, 0.717) is 18.0 Å². The van der Waals surface area contributed by atoms with E-state index in [1.165, 1.54) is 45.3 Å². The van der Waals surface area contributed by atoms with Crippen LogP contribution in [-0.2, 0) is 0 Å². The van der Waals surface area contributed by atoms with Crippen LogP contribution in [0.2, 0.25) is 0 Å². The van der Waals surface area contributed by atoms with Gasteiger partial charge in [-0.25, -0.2) is 0 Å². The largest absolute Gasteiger partial charge is 0.355 e. The molecule has 0 aromatic rings. The van der Waals surface area contributed by atoms with Crippen molar-refractivity contribution in [1.29, 1.82) is 0 Å². The molecule has 0 spiro atoms. The number of aliphatic imine (C=N–C) groups is 1. The van der Waals surface area contributed by atoms with E-state index >= 15 is 0 Å². The van der Waals surface area contributed by atoms with Gasteiger partial charge in [-0.3, -0.25) is 9.89 Å². The highest BCUT2D eigenvalue weighted by Gasteiger charge is 2.31. The number of hydrogen-bond acceptors (Lipinski definition) is 3. The number of guanidine groups is 1. The predicted molar refractivity (Wildman–Crippen MR) is 99.1 cm³/mol. The predicted octanol–water partition coefficient (Wildman–Crippen LogP) is 1.76. The number of nitrogens with one attached hydrogen (secondary N) is 2. The van der Waals surface area contributed by atoms with Crippen LogP contribution in [-0.4, -0.2) is 74.2 Å². The summed E-state index contributed by atoms with van der Waals surface area (Å²) in [5.74, 6) is 1.63. The Bertz CT molecular complexity index is 360. The van der Waals surface area contributed by atoms with Crippen molar-refractivity contribution in [3.63, 3.8) is 0 Å². The molecule has 5 nitrogen and oxygen atoms in total. The van der Waals surface area contributed by atoms with Gasteiger partial charge in [-0.15, -0.1) is 0 Å². The monoisotopic (exact) mass is 323 g/mol. The highest BCUT2D eigenvalue weighted by molar-refractivity contribution is 5.80. The minimum atomic E-state index is 0.502. The number of nitrogens with zero attached hydrogens (tertiary/aromatic N) is 3. The third kappa shape index (κ3) is 5.96. The second kappa shape index (κ2) is 9.48. The molecule has 0 saturated carbocycles. The van der Waals surface area contributed by atoms with E-state index < -0.39 is 0 Å². The van der Waals surface area contributed by atoms with Gasteiger partial charge in [0.1, 0.15) is 0 Å². The molecular formula is C18H37N5. The lowest BCUT2D eigenvalue weighted by molar-refractivity contribution is 0.265. The molecule has 134 valence electrons. The molecule has 0 aromatic carbocycles. The van der Waals surface area contributed by atoms with Gasteiger partial charge >= 0.3 is 0 Å². The second-order valence-corrected chi connectivity index (χ2v) is 7.53. The van der Waals surface area contributed by atoms with Crippen LogP contribution in [0, 0.1) is 5.92 Å². The second-order valence-electron chi connectivity index (χ2n) is 7.53. The molecule has 2 rings (SSSR count). The Morgan fingerprint density at radius 2 is 1.83 bits per heavy atom. The molecule has 0 aromatic heterocycles. The zero-order valence-corrected chi connectivity index (χ0v) is 15.6. The van der Waals surface area contributed by atoms with Crippen LogP contribution in [0.25, 0.3) is 0 Å². The molecule has 2 atom stereocenters. The van der Waals surface area contributed by atoms with Crippen LogP contribution < -0.4 is 10.6 Å². The van der Waals surface area contributed by atoms with Crippen molar-refractivity contribution in [3.05, 3.63) is 0 Å². The van der Waals surface area contributed by atoms with E-state index in [9.17, 15) is 0 Å². The van der Waals surface area contributed by atoms with Crippen molar-refractivity contribution in [2.24, 2.45) is 10.9 Å². The summed E-state index contributed by atoms with van der Waals surface area (Å²) in [5.41, 5.74) is 0. The lowest BCUT2D eigenvalue weighted by Crippen LogP contribution is -2.48. The van der Waals surface area contributed by atoms with Gasteiger partial charge in [0, 0.05) is 45.3 Å². The topological polar surface area (TPSA) is 42.9 Å². The van der Waals surface area contributed by atoms with Crippen molar-refractivity contribution >= 4 is 5.96 Å². The minimum absolute atomic E-state index is 0.502. The van der Waals surface area contributed by atoms with Crippen LogP contribution in [0.3, 0.4) is 0 Å². The molecule has 2 aliphatic heterocycles. The van der Waals surface area contributed by atoms with Crippen molar-refractivity contribution in [1.82, 2.24) is 20.4 Å². The first-order chi connectivity index (χ1) is 11.1. The molecule has 2 unspecified atom stereocenters. The van der Waals surface area contributed by atoms with Crippen LogP contribution in [0.15, 0.2) is 4.99 Å². The van der Waals surface area contributed by atoms with E-state index in [1.54, 1.807) is 0 Å². The first kappa shape index (κ1) is 18.5. The maximum Gasteiger partial charge on any atom is 0.191 e. The Balaban J connectivity index is 1.71. The van der Waals surface area contributed by atoms with E-state index in [1.807, 2.05) is 7.05 Å². The van der Waals surface area contributed by atoms with Gasteiger partial charge in [-0.2, -0.15) is 0 Å². The standard InChI is InChI=1S/C18H37N5/c1-15(2)23-13-16(3)17(14-23)21-18(19-4)20-9-12-22-10-7-5-6-8-11-22/h15-17H,5-14H2,1-4H3,(H2,19,20,21). The van der Waals surface area contributed by atoms with E-state index in [2.05, 4.69) is 46.2 Å². The molecule has 0 amide bonds. The molecular weight excluding hydrogens is 286 g/mol. The summed E-state index contributed by atoms with van der Waals surface area (Å²) in [6.07, 6.45) is 5.52. The molecule has 5 heteroatoms. The lowest BCUT2D eigenvalue weighted by atomic mass is 10.1. The van der Waals surface area contributed by atoms with Gasteiger partial charge in [0.25, 0.3) is 0 Å². The molecule has 2 aliphatic rings. The van der Waals surface area contributed by atoms with Crippen molar-refractivity contribution in [2.45, 2.75) is 58.5 Å². The average molecular weight is 324 g/mol. The fraction of sp³-hybridized carbons (Fsp3) is 0.944. The number of rotatable bonds is 5. The van der Waals surface area contributed by atoms with Gasteiger partial charge in [0.2, 0.25) is 0 Å². The van der Waals surface area contributed by atoms with Crippen molar-refractivity contribution in [2.75, 3.05) is 46.3 Å². The van der Waals surface area contributed by atoms with Gasteiger partial charge < -0.3 is 15.5 Å². The average Bonchev–Trinajstić information content (AvgIpc) is 2.74. The first-order valence-corrected chi connectivity index (χ1v) is 9.53. The Hall–Kier alpha value is -0.810. The van der Waals surface area contributed by atoms with Crippen molar-refractivity contribution in [3.8, 4) is 0 Å². The molecule has 2 fully saturated rings. The van der Waals surface area contributed by atoms with E-state index in [0.717, 1.165) is 25.6 Å². The van der Waals surface area contributed by atoms with Crippen LogP contribution >= 0.6 is 0 Å². The van der Waals surface area contributed by atoms with Gasteiger partial charge in [-0.1, -0.05) is 19.8 Å².